The Morgan fingerprint density at radius 3 is 2.80 bits per heavy atom. The summed E-state index contributed by atoms with van der Waals surface area (Å²) in [4.78, 5) is 16.6. The molecule has 30 heavy (non-hydrogen) atoms. The third kappa shape index (κ3) is 4.77. The van der Waals surface area contributed by atoms with Crippen LogP contribution in [0.1, 0.15) is 12.8 Å². The topological polar surface area (TPSA) is 95.7 Å². The first kappa shape index (κ1) is 19.9. The first-order valence-electron chi connectivity index (χ1n) is 9.81. The molecule has 0 bridgehead atoms. The Morgan fingerprint density at radius 1 is 1.20 bits per heavy atom. The average Bonchev–Trinajstić information content (AvgIpc) is 3.49. The predicted molar refractivity (Wildman–Crippen MR) is 109 cm³/mol. The second-order valence-electron chi connectivity index (χ2n) is 6.88. The van der Waals surface area contributed by atoms with Crippen molar-refractivity contribution in [3.05, 3.63) is 48.5 Å². The van der Waals surface area contributed by atoms with Crippen LogP contribution in [-0.4, -0.2) is 49.0 Å². The Morgan fingerprint density at radius 2 is 2.03 bits per heavy atom. The largest absolute Gasteiger partial charge is 0.497 e. The summed E-state index contributed by atoms with van der Waals surface area (Å²) < 4.78 is 21.8. The zero-order chi connectivity index (χ0) is 20.8. The number of nitrogens with one attached hydrogen (secondary N) is 1. The van der Waals surface area contributed by atoms with Crippen LogP contribution in [0.3, 0.4) is 0 Å². The first-order valence-corrected chi connectivity index (χ1v) is 9.81. The molecule has 1 amide bonds. The van der Waals surface area contributed by atoms with E-state index in [2.05, 4.69) is 15.5 Å². The maximum atomic E-state index is 12.1. The molecule has 2 heterocycles. The van der Waals surface area contributed by atoms with E-state index in [-0.39, 0.29) is 18.6 Å². The van der Waals surface area contributed by atoms with Gasteiger partial charge >= 0.3 is 0 Å². The summed E-state index contributed by atoms with van der Waals surface area (Å²) in [5, 5.41) is 6.89. The van der Waals surface area contributed by atoms with E-state index in [9.17, 15) is 4.79 Å². The molecule has 1 saturated heterocycles. The van der Waals surface area contributed by atoms with Gasteiger partial charge in [-0.15, -0.1) is 0 Å². The van der Waals surface area contributed by atoms with Crippen molar-refractivity contribution in [3.8, 4) is 34.3 Å². The van der Waals surface area contributed by atoms with Gasteiger partial charge < -0.3 is 24.1 Å². The van der Waals surface area contributed by atoms with Crippen LogP contribution in [0.5, 0.6) is 11.5 Å². The van der Waals surface area contributed by atoms with Gasteiger partial charge in [0.05, 0.1) is 18.8 Å². The van der Waals surface area contributed by atoms with Gasteiger partial charge in [-0.25, -0.2) is 0 Å². The summed E-state index contributed by atoms with van der Waals surface area (Å²) in [6.07, 6.45) is 2.10. The molecule has 1 aliphatic heterocycles. The van der Waals surface area contributed by atoms with Crippen LogP contribution in [0, 0.1) is 0 Å². The molecular formula is C22H23N3O5. The number of ether oxygens (including phenoxy) is 3. The number of methoxy groups -OCH3 is 1. The van der Waals surface area contributed by atoms with Gasteiger partial charge in [0.25, 0.3) is 11.8 Å². The molecule has 0 spiro atoms. The second kappa shape index (κ2) is 9.41. The average molecular weight is 409 g/mol. The highest BCUT2D eigenvalue weighted by Gasteiger charge is 2.18. The fourth-order valence-corrected chi connectivity index (χ4v) is 3.19. The maximum Gasteiger partial charge on any atom is 0.262 e. The van der Waals surface area contributed by atoms with Gasteiger partial charge in [0.2, 0.25) is 5.82 Å². The number of aromatic nitrogens is 2. The smallest absolute Gasteiger partial charge is 0.262 e. The maximum absolute atomic E-state index is 12.1. The van der Waals surface area contributed by atoms with E-state index in [4.69, 9.17) is 18.7 Å². The number of nitrogens with zero attached hydrogens (tertiary/aromatic N) is 2. The van der Waals surface area contributed by atoms with Gasteiger partial charge in [-0.2, -0.15) is 4.98 Å². The van der Waals surface area contributed by atoms with E-state index in [0.717, 1.165) is 30.8 Å². The van der Waals surface area contributed by atoms with E-state index in [0.29, 0.717) is 29.6 Å². The van der Waals surface area contributed by atoms with Crippen molar-refractivity contribution in [3.63, 3.8) is 0 Å². The summed E-state index contributed by atoms with van der Waals surface area (Å²) in [6.45, 7) is 1.15. The number of para-hydroxylation sites is 1. The highest BCUT2D eigenvalue weighted by atomic mass is 16.5. The van der Waals surface area contributed by atoms with Gasteiger partial charge in [0.1, 0.15) is 11.5 Å². The Balaban J connectivity index is 1.41. The molecule has 2 aromatic carbocycles. The molecule has 8 heteroatoms. The Bertz CT molecular complexity index is 980. The highest BCUT2D eigenvalue weighted by Crippen LogP contribution is 2.30. The van der Waals surface area contributed by atoms with Crippen LogP contribution in [0.15, 0.2) is 53.1 Å². The van der Waals surface area contributed by atoms with Crippen molar-refractivity contribution in [2.45, 2.75) is 18.9 Å². The van der Waals surface area contributed by atoms with E-state index in [1.807, 2.05) is 42.5 Å². The molecule has 1 atom stereocenters. The Hall–Kier alpha value is -3.39. The fraction of sp³-hybridized carbons (Fsp3) is 0.318. The summed E-state index contributed by atoms with van der Waals surface area (Å²) in [7, 11) is 1.61. The SMILES string of the molecule is COc1ccc(-c2noc(-c3ccccc3OCC(=O)NC[C@H]3CCCO3)n2)cc1. The number of amides is 1. The van der Waals surface area contributed by atoms with E-state index >= 15 is 0 Å². The first-order chi connectivity index (χ1) is 14.7. The lowest BCUT2D eigenvalue weighted by Gasteiger charge is -2.12. The van der Waals surface area contributed by atoms with Crippen LogP contribution >= 0.6 is 0 Å². The third-order valence-corrected chi connectivity index (χ3v) is 4.80. The quantitative estimate of drug-likeness (QED) is 0.611. The Kier molecular flexibility index (Phi) is 6.24. The minimum absolute atomic E-state index is 0.0935. The van der Waals surface area contributed by atoms with Crippen molar-refractivity contribution in [2.24, 2.45) is 0 Å². The number of carbonyl (C=O) groups is 1. The molecule has 0 unspecified atom stereocenters. The molecule has 0 saturated carbocycles. The van der Waals surface area contributed by atoms with Crippen LogP contribution < -0.4 is 14.8 Å². The summed E-state index contributed by atoms with van der Waals surface area (Å²) >= 11 is 0. The van der Waals surface area contributed by atoms with Crippen molar-refractivity contribution < 1.29 is 23.5 Å². The standard InChI is InChI=1S/C22H23N3O5/c1-27-16-10-8-15(9-11-16)21-24-22(30-25-21)18-6-2-3-7-19(18)29-14-20(26)23-13-17-5-4-12-28-17/h2-3,6-11,17H,4-5,12-14H2,1H3,(H,23,26)/t17-/m1/s1. The minimum atomic E-state index is -0.204. The molecular weight excluding hydrogens is 386 g/mol. The number of benzene rings is 2. The number of rotatable bonds is 8. The lowest BCUT2D eigenvalue weighted by molar-refractivity contribution is -0.123. The van der Waals surface area contributed by atoms with E-state index < -0.39 is 0 Å². The molecule has 8 nitrogen and oxygen atoms in total. The molecule has 0 radical (unpaired) electrons. The monoisotopic (exact) mass is 409 g/mol. The van der Waals surface area contributed by atoms with Gasteiger partial charge in [-0.3, -0.25) is 4.79 Å². The van der Waals surface area contributed by atoms with Crippen LogP contribution in [-0.2, 0) is 9.53 Å². The molecule has 1 aliphatic rings. The van der Waals surface area contributed by atoms with Crippen LogP contribution in [0.4, 0.5) is 0 Å². The third-order valence-electron chi connectivity index (χ3n) is 4.80. The minimum Gasteiger partial charge on any atom is -0.497 e. The molecule has 156 valence electrons. The molecule has 3 aromatic rings. The molecule has 1 aromatic heterocycles. The van der Waals surface area contributed by atoms with E-state index in [1.165, 1.54) is 0 Å². The molecule has 1 N–H and O–H groups in total. The number of hydrogen-bond donors (Lipinski definition) is 1. The summed E-state index contributed by atoms with van der Waals surface area (Å²) in [5.74, 6) is 1.81. The van der Waals surface area contributed by atoms with E-state index in [1.54, 1.807) is 13.2 Å². The normalized spacial score (nSPS) is 15.7. The van der Waals surface area contributed by atoms with Crippen molar-refractivity contribution >= 4 is 5.91 Å². The zero-order valence-electron chi connectivity index (χ0n) is 16.7. The van der Waals surface area contributed by atoms with Crippen LogP contribution in [0.2, 0.25) is 0 Å². The van der Waals surface area contributed by atoms with Crippen molar-refractivity contribution in [1.29, 1.82) is 0 Å². The Labute approximate surface area is 174 Å². The number of carbonyl (C=O) groups excluding carboxylic acids is 1. The number of hydrogen-bond acceptors (Lipinski definition) is 7. The lowest BCUT2D eigenvalue weighted by atomic mass is 10.2. The fourth-order valence-electron chi connectivity index (χ4n) is 3.19. The summed E-state index contributed by atoms with van der Waals surface area (Å²) in [6, 6.07) is 14.6. The van der Waals surface area contributed by atoms with Gasteiger partial charge in [0.15, 0.2) is 6.61 Å². The van der Waals surface area contributed by atoms with Gasteiger partial charge in [0, 0.05) is 18.7 Å². The van der Waals surface area contributed by atoms with Crippen molar-refractivity contribution in [1.82, 2.24) is 15.5 Å². The predicted octanol–water partition coefficient (Wildman–Crippen LogP) is 3.09. The van der Waals surface area contributed by atoms with Crippen LogP contribution in [0.25, 0.3) is 22.8 Å². The van der Waals surface area contributed by atoms with Gasteiger partial charge in [-0.05, 0) is 49.2 Å². The van der Waals surface area contributed by atoms with Gasteiger partial charge in [-0.1, -0.05) is 17.3 Å². The van der Waals surface area contributed by atoms with Crippen molar-refractivity contribution in [2.75, 3.05) is 26.9 Å². The zero-order valence-corrected chi connectivity index (χ0v) is 16.7. The molecule has 1 fully saturated rings. The summed E-state index contributed by atoms with van der Waals surface area (Å²) in [5.41, 5.74) is 1.43. The highest BCUT2D eigenvalue weighted by molar-refractivity contribution is 5.78. The lowest BCUT2D eigenvalue weighted by Crippen LogP contribution is -2.35. The molecule has 4 rings (SSSR count). The second-order valence-corrected chi connectivity index (χ2v) is 6.88. The molecule has 0 aliphatic carbocycles.